The quantitative estimate of drug-likeness (QED) is 0.377. The summed E-state index contributed by atoms with van der Waals surface area (Å²) in [5, 5.41) is 11.6. The Morgan fingerprint density at radius 2 is 2.30 bits per heavy atom. The van der Waals surface area contributed by atoms with Crippen molar-refractivity contribution in [1.82, 2.24) is 4.90 Å². The van der Waals surface area contributed by atoms with Crippen LogP contribution in [0.25, 0.3) is 0 Å². The zero-order valence-electron chi connectivity index (χ0n) is 11.8. The summed E-state index contributed by atoms with van der Waals surface area (Å²) in [6, 6.07) is 4.58. The molecule has 1 aliphatic rings. The fraction of sp³-hybridized carbons (Fsp3) is 0.533. The molecule has 4 nitrogen and oxygen atoms in total. The van der Waals surface area contributed by atoms with E-state index in [-0.39, 0.29) is 11.7 Å². The van der Waals surface area contributed by atoms with Crippen LogP contribution in [0, 0.1) is 11.7 Å². The molecule has 1 unspecified atom stereocenters. The maximum Gasteiger partial charge on any atom is 0.170 e. The van der Waals surface area contributed by atoms with Gasteiger partial charge in [-0.2, -0.15) is 0 Å². The largest absolute Gasteiger partial charge is 0.409 e. The summed E-state index contributed by atoms with van der Waals surface area (Å²) >= 11 is 0. The number of amidine groups is 1. The minimum Gasteiger partial charge on any atom is -0.409 e. The number of benzene rings is 1. The van der Waals surface area contributed by atoms with Crippen molar-refractivity contribution in [3.05, 3.63) is 35.1 Å². The minimum atomic E-state index is -0.353. The number of rotatable bonds is 5. The van der Waals surface area contributed by atoms with E-state index >= 15 is 0 Å². The van der Waals surface area contributed by atoms with Crippen molar-refractivity contribution in [3.63, 3.8) is 0 Å². The van der Waals surface area contributed by atoms with Gasteiger partial charge in [-0.1, -0.05) is 18.5 Å². The van der Waals surface area contributed by atoms with Gasteiger partial charge in [0, 0.05) is 18.7 Å². The summed E-state index contributed by atoms with van der Waals surface area (Å²) < 4.78 is 13.6. The van der Waals surface area contributed by atoms with Gasteiger partial charge in [0.1, 0.15) is 5.82 Å². The van der Waals surface area contributed by atoms with E-state index < -0.39 is 0 Å². The van der Waals surface area contributed by atoms with Crippen LogP contribution in [0.4, 0.5) is 4.39 Å². The molecular formula is C15H22FN3O. The van der Waals surface area contributed by atoms with E-state index in [2.05, 4.69) is 17.0 Å². The summed E-state index contributed by atoms with van der Waals surface area (Å²) in [6.07, 6.45) is 3.69. The molecule has 1 heterocycles. The molecule has 3 N–H and O–H groups in total. The number of halogens is 1. The summed E-state index contributed by atoms with van der Waals surface area (Å²) in [7, 11) is 0. The molecule has 0 aliphatic carbocycles. The van der Waals surface area contributed by atoms with Crippen LogP contribution in [0.5, 0.6) is 0 Å². The number of likely N-dealkylation sites (tertiary alicyclic amines) is 1. The maximum absolute atomic E-state index is 13.6. The lowest BCUT2D eigenvalue weighted by Gasteiger charge is -2.16. The Balaban J connectivity index is 2.05. The van der Waals surface area contributed by atoms with E-state index in [1.165, 1.54) is 31.4 Å². The summed E-state index contributed by atoms with van der Waals surface area (Å²) in [5.74, 6) is 0.349. The molecule has 0 amide bonds. The predicted molar refractivity (Wildman–Crippen MR) is 77.2 cm³/mol. The fourth-order valence-corrected chi connectivity index (χ4v) is 2.91. The van der Waals surface area contributed by atoms with Gasteiger partial charge in [-0.05, 0) is 49.1 Å². The molecule has 0 spiro atoms. The number of oxime groups is 1. The first-order valence-electron chi connectivity index (χ1n) is 7.12. The topological polar surface area (TPSA) is 61.8 Å². The lowest BCUT2D eigenvalue weighted by molar-refractivity contribution is 0.312. The van der Waals surface area contributed by atoms with E-state index in [0.29, 0.717) is 12.1 Å². The van der Waals surface area contributed by atoms with Crippen LogP contribution in [0.15, 0.2) is 23.4 Å². The van der Waals surface area contributed by atoms with Crippen molar-refractivity contribution < 1.29 is 9.60 Å². The van der Waals surface area contributed by atoms with Crippen molar-refractivity contribution in [3.8, 4) is 0 Å². The highest BCUT2D eigenvalue weighted by molar-refractivity contribution is 5.97. The highest BCUT2D eigenvalue weighted by atomic mass is 19.1. The molecule has 110 valence electrons. The zero-order valence-corrected chi connectivity index (χ0v) is 11.8. The van der Waals surface area contributed by atoms with Crippen LogP contribution in [0.3, 0.4) is 0 Å². The van der Waals surface area contributed by atoms with Crippen LogP contribution in [0.1, 0.15) is 37.3 Å². The lowest BCUT2D eigenvalue weighted by atomic mass is 10.0. The lowest BCUT2D eigenvalue weighted by Crippen LogP contribution is -2.21. The highest BCUT2D eigenvalue weighted by Crippen LogP contribution is 2.23. The molecule has 0 radical (unpaired) electrons. The molecule has 1 aromatic carbocycles. The van der Waals surface area contributed by atoms with Crippen LogP contribution < -0.4 is 5.73 Å². The molecule has 1 fully saturated rings. The predicted octanol–water partition coefficient (Wildman–Crippen LogP) is 2.54. The average Bonchev–Trinajstić information content (AvgIpc) is 2.85. The molecule has 0 saturated carbocycles. The molecule has 1 aliphatic heterocycles. The summed E-state index contributed by atoms with van der Waals surface area (Å²) in [4.78, 5) is 2.34. The van der Waals surface area contributed by atoms with E-state index in [4.69, 9.17) is 10.9 Å². The van der Waals surface area contributed by atoms with Gasteiger partial charge >= 0.3 is 0 Å². The molecular weight excluding hydrogens is 257 g/mol. The first kappa shape index (κ1) is 14.8. The van der Waals surface area contributed by atoms with Gasteiger partial charge in [-0.15, -0.1) is 0 Å². The Hall–Kier alpha value is -1.62. The van der Waals surface area contributed by atoms with Crippen LogP contribution in [0.2, 0.25) is 0 Å². The third kappa shape index (κ3) is 3.70. The van der Waals surface area contributed by atoms with Crippen molar-refractivity contribution in [1.29, 1.82) is 0 Å². The number of nitrogens with zero attached hydrogens (tertiary/aromatic N) is 2. The van der Waals surface area contributed by atoms with E-state index in [1.54, 1.807) is 6.07 Å². The Labute approximate surface area is 119 Å². The second-order valence-electron chi connectivity index (χ2n) is 5.51. The van der Waals surface area contributed by atoms with E-state index in [1.807, 2.05) is 0 Å². The third-order valence-corrected chi connectivity index (χ3v) is 3.83. The van der Waals surface area contributed by atoms with E-state index in [9.17, 15) is 4.39 Å². The highest BCUT2D eigenvalue weighted by Gasteiger charge is 2.21. The van der Waals surface area contributed by atoms with Gasteiger partial charge in [-0.3, -0.25) is 4.90 Å². The average molecular weight is 279 g/mol. The Morgan fingerprint density at radius 1 is 1.50 bits per heavy atom. The molecule has 2 rings (SSSR count). The normalized spacial score (nSPS) is 20.5. The standard InChI is InChI=1S/C15H22FN3O/c1-2-3-11-4-5-19(9-11)10-12-6-13(15(17)18-20)8-14(16)7-12/h6-8,11,20H,2-5,9-10H2,1H3,(H2,17,18). The van der Waals surface area contributed by atoms with Gasteiger partial charge in [0.25, 0.3) is 0 Å². The molecule has 1 saturated heterocycles. The van der Waals surface area contributed by atoms with Crippen molar-refractivity contribution >= 4 is 5.84 Å². The number of nitrogens with two attached hydrogens (primary N) is 1. The zero-order chi connectivity index (χ0) is 14.5. The van der Waals surface area contributed by atoms with Gasteiger partial charge in [-0.25, -0.2) is 4.39 Å². The molecule has 1 atom stereocenters. The number of hydrogen-bond donors (Lipinski definition) is 2. The van der Waals surface area contributed by atoms with Gasteiger partial charge in [0.15, 0.2) is 5.84 Å². The third-order valence-electron chi connectivity index (χ3n) is 3.83. The first-order valence-corrected chi connectivity index (χ1v) is 7.12. The van der Waals surface area contributed by atoms with Gasteiger partial charge in [0.05, 0.1) is 0 Å². The van der Waals surface area contributed by atoms with Crippen LogP contribution in [-0.4, -0.2) is 29.0 Å². The Bertz CT molecular complexity index is 490. The molecule has 5 heteroatoms. The second kappa shape index (κ2) is 6.70. The van der Waals surface area contributed by atoms with Crippen molar-refractivity contribution in [2.75, 3.05) is 13.1 Å². The van der Waals surface area contributed by atoms with Gasteiger partial charge in [0.2, 0.25) is 0 Å². The summed E-state index contributed by atoms with van der Waals surface area (Å²) in [5.41, 5.74) is 6.81. The van der Waals surface area contributed by atoms with E-state index in [0.717, 1.165) is 24.6 Å². The first-order chi connectivity index (χ1) is 9.62. The fourth-order valence-electron chi connectivity index (χ4n) is 2.91. The smallest absolute Gasteiger partial charge is 0.170 e. The monoisotopic (exact) mass is 279 g/mol. The van der Waals surface area contributed by atoms with Crippen molar-refractivity contribution in [2.45, 2.75) is 32.7 Å². The van der Waals surface area contributed by atoms with Crippen molar-refractivity contribution in [2.24, 2.45) is 16.8 Å². The molecule has 0 aromatic heterocycles. The molecule has 0 bridgehead atoms. The second-order valence-corrected chi connectivity index (χ2v) is 5.51. The Kier molecular flexibility index (Phi) is 4.95. The van der Waals surface area contributed by atoms with Crippen LogP contribution in [-0.2, 0) is 6.54 Å². The van der Waals surface area contributed by atoms with Crippen LogP contribution >= 0.6 is 0 Å². The SMILES string of the molecule is CCCC1CCN(Cc2cc(F)cc(/C(N)=N/O)c2)C1. The summed E-state index contributed by atoms with van der Waals surface area (Å²) in [6.45, 7) is 5.05. The molecule has 20 heavy (non-hydrogen) atoms. The number of hydrogen-bond acceptors (Lipinski definition) is 3. The minimum absolute atomic E-state index is 0.0592. The maximum atomic E-state index is 13.6. The molecule has 1 aromatic rings. The van der Waals surface area contributed by atoms with Gasteiger partial charge < -0.3 is 10.9 Å². The Morgan fingerprint density at radius 3 is 3.00 bits per heavy atom.